The Bertz CT molecular complexity index is 790. The number of likely N-dealkylation sites (tertiary alicyclic amines) is 1. The molecule has 1 fully saturated rings. The van der Waals surface area contributed by atoms with Crippen molar-refractivity contribution in [2.24, 2.45) is 5.92 Å². The molecule has 0 aliphatic carbocycles. The van der Waals surface area contributed by atoms with Crippen LogP contribution in [0.15, 0.2) is 42.5 Å². The number of ether oxygens (including phenoxy) is 1. The smallest absolute Gasteiger partial charge is 0.227 e. The maximum absolute atomic E-state index is 12.6. The summed E-state index contributed by atoms with van der Waals surface area (Å²) < 4.78 is 5.14. The molecule has 3 rings (SSSR count). The van der Waals surface area contributed by atoms with Crippen molar-refractivity contribution in [3.05, 3.63) is 63.6 Å². The van der Waals surface area contributed by atoms with Crippen molar-refractivity contribution >= 4 is 34.8 Å². The number of carbonyl (C=O) groups excluding carboxylic acids is 1. The molecule has 1 heterocycles. The number of nitrogens with zero attached hydrogens (tertiary/aromatic N) is 1. The summed E-state index contributed by atoms with van der Waals surface area (Å²) in [5.41, 5.74) is 2.90. The van der Waals surface area contributed by atoms with Crippen LogP contribution in [0.2, 0.25) is 10.0 Å². The normalized spacial score (nSPS) is 15.7. The number of hydrogen-bond donors (Lipinski definition) is 1. The highest BCUT2D eigenvalue weighted by Crippen LogP contribution is 2.28. The maximum atomic E-state index is 12.6. The van der Waals surface area contributed by atoms with Gasteiger partial charge in [0, 0.05) is 25.3 Å². The molecule has 0 spiro atoms. The van der Waals surface area contributed by atoms with E-state index in [9.17, 15) is 4.79 Å². The minimum atomic E-state index is 0.0298. The number of piperidine rings is 1. The molecule has 2 aromatic carbocycles. The van der Waals surface area contributed by atoms with E-state index in [2.05, 4.69) is 10.2 Å². The summed E-state index contributed by atoms with van der Waals surface area (Å²) in [7, 11) is 1.66. The number of halogens is 2. The van der Waals surface area contributed by atoms with E-state index < -0.39 is 0 Å². The van der Waals surface area contributed by atoms with E-state index in [0.717, 1.165) is 49.3 Å². The Morgan fingerprint density at radius 3 is 2.67 bits per heavy atom. The molecular weight excluding hydrogens is 383 g/mol. The first-order valence-electron chi connectivity index (χ1n) is 9.11. The van der Waals surface area contributed by atoms with Crippen LogP contribution in [0.1, 0.15) is 24.0 Å². The Hall–Kier alpha value is -1.59. The predicted molar refractivity (Wildman–Crippen MR) is 110 cm³/mol. The summed E-state index contributed by atoms with van der Waals surface area (Å²) >= 11 is 12.4. The highest BCUT2D eigenvalue weighted by molar-refractivity contribution is 6.42. The van der Waals surface area contributed by atoms with Gasteiger partial charge in [-0.2, -0.15) is 0 Å². The van der Waals surface area contributed by atoms with Crippen molar-refractivity contribution in [2.45, 2.75) is 26.0 Å². The van der Waals surface area contributed by atoms with Crippen LogP contribution in [-0.4, -0.2) is 31.0 Å². The molecule has 1 aliphatic heterocycles. The predicted octanol–water partition coefficient (Wildman–Crippen LogP) is 4.99. The fourth-order valence-corrected chi connectivity index (χ4v) is 3.79. The average Bonchev–Trinajstić information content (AvgIpc) is 2.66. The van der Waals surface area contributed by atoms with Gasteiger partial charge >= 0.3 is 0 Å². The van der Waals surface area contributed by atoms with Gasteiger partial charge in [-0.15, -0.1) is 0 Å². The molecule has 1 aliphatic rings. The van der Waals surface area contributed by atoms with Crippen LogP contribution in [-0.2, 0) is 22.7 Å². The molecule has 0 aromatic heterocycles. The number of methoxy groups -OCH3 is 1. The first-order valence-corrected chi connectivity index (χ1v) is 9.86. The minimum absolute atomic E-state index is 0.0298. The van der Waals surface area contributed by atoms with Gasteiger partial charge in [-0.25, -0.2) is 0 Å². The zero-order chi connectivity index (χ0) is 19.2. The second-order valence-electron chi connectivity index (χ2n) is 6.89. The number of carbonyl (C=O) groups is 1. The Labute approximate surface area is 170 Å². The molecule has 27 heavy (non-hydrogen) atoms. The number of nitrogens with one attached hydrogen (secondary N) is 1. The summed E-state index contributed by atoms with van der Waals surface area (Å²) in [6.45, 7) is 3.02. The van der Waals surface area contributed by atoms with E-state index in [4.69, 9.17) is 27.9 Å². The highest BCUT2D eigenvalue weighted by Gasteiger charge is 2.25. The molecule has 1 amide bonds. The highest BCUT2D eigenvalue weighted by atomic mass is 35.5. The summed E-state index contributed by atoms with van der Waals surface area (Å²) in [6.07, 6.45) is 1.67. The lowest BCUT2D eigenvalue weighted by molar-refractivity contribution is -0.121. The number of anilines is 1. The molecule has 0 radical (unpaired) electrons. The third-order valence-electron chi connectivity index (χ3n) is 4.89. The van der Waals surface area contributed by atoms with Crippen LogP contribution in [0.25, 0.3) is 0 Å². The van der Waals surface area contributed by atoms with Gasteiger partial charge in [-0.3, -0.25) is 9.69 Å². The SMILES string of the molecule is COCc1cccc(NC(=O)C2CCN(Cc3cccc(Cl)c3Cl)CC2)c1. The monoisotopic (exact) mass is 406 g/mol. The van der Waals surface area contributed by atoms with Gasteiger partial charge in [0.2, 0.25) is 5.91 Å². The second-order valence-corrected chi connectivity index (χ2v) is 7.67. The third kappa shape index (κ3) is 5.45. The lowest BCUT2D eigenvalue weighted by Crippen LogP contribution is -2.37. The van der Waals surface area contributed by atoms with E-state index in [1.54, 1.807) is 13.2 Å². The molecular formula is C21H24Cl2N2O2. The van der Waals surface area contributed by atoms with E-state index in [0.29, 0.717) is 16.7 Å². The largest absolute Gasteiger partial charge is 0.380 e. The van der Waals surface area contributed by atoms with Crippen LogP contribution in [0.5, 0.6) is 0 Å². The minimum Gasteiger partial charge on any atom is -0.380 e. The van der Waals surface area contributed by atoms with Crippen molar-refractivity contribution in [1.82, 2.24) is 4.90 Å². The Morgan fingerprint density at radius 2 is 1.93 bits per heavy atom. The van der Waals surface area contributed by atoms with Gasteiger partial charge in [-0.1, -0.05) is 47.5 Å². The zero-order valence-electron chi connectivity index (χ0n) is 15.4. The van der Waals surface area contributed by atoms with Gasteiger partial charge < -0.3 is 10.1 Å². The summed E-state index contributed by atoms with van der Waals surface area (Å²) in [4.78, 5) is 14.9. The number of rotatable bonds is 6. The summed E-state index contributed by atoms with van der Waals surface area (Å²) in [5, 5.41) is 4.24. The Balaban J connectivity index is 1.52. The maximum Gasteiger partial charge on any atom is 0.227 e. The van der Waals surface area contributed by atoms with Gasteiger partial charge in [-0.05, 0) is 55.3 Å². The average molecular weight is 407 g/mol. The Morgan fingerprint density at radius 1 is 1.19 bits per heavy atom. The van der Waals surface area contributed by atoms with Crippen molar-refractivity contribution in [3.8, 4) is 0 Å². The molecule has 0 unspecified atom stereocenters. The van der Waals surface area contributed by atoms with Crippen molar-refractivity contribution in [2.75, 3.05) is 25.5 Å². The quantitative estimate of drug-likeness (QED) is 0.734. The lowest BCUT2D eigenvalue weighted by atomic mass is 9.95. The Kier molecular flexibility index (Phi) is 7.13. The van der Waals surface area contributed by atoms with Gasteiger partial charge in [0.15, 0.2) is 0 Å². The first-order chi connectivity index (χ1) is 13.1. The second kappa shape index (κ2) is 9.56. The molecule has 0 bridgehead atoms. The van der Waals surface area contributed by atoms with Gasteiger partial charge in [0.1, 0.15) is 0 Å². The van der Waals surface area contributed by atoms with Crippen molar-refractivity contribution in [1.29, 1.82) is 0 Å². The standard InChI is InChI=1S/C21H24Cl2N2O2/c1-27-14-15-4-2-6-18(12-15)24-21(26)16-8-10-25(11-9-16)13-17-5-3-7-19(22)20(17)23/h2-7,12,16H,8-11,13-14H2,1H3,(H,24,26). The van der Waals surface area contributed by atoms with Crippen LogP contribution in [0, 0.1) is 5.92 Å². The summed E-state index contributed by atoms with van der Waals surface area (Å²) in [6, 6.07) is 13.5. The van der Waals surface area contributed by atoms with Crippen molar-refractivity contribution < 1.29 is 9.53 Å². The number of hydrogen-bond acceptors (Lipinski definition) is 3. The number of amides is 1. The van der Waals surface area contributed by atoms with E-state index >= 15 is 0 Å². The fourth-order valence-electron chi connectivity index (χ4n) is 3.41. The lowest BCUT2D eigenvalue weighted by Gasteiger charge is -2.31. The molecule has 6 heteroatoms. The van der Waals surface area contributed by atoms with Crippen molar-refractivity contribution in [3.63, 3.8) is 0 Å². The van der Waals surface area contributed by atoms with Gasteiger partial charge in [0.25, 0.3) is 0 Å². The van der Waals surface area contributed by atoms with E-state index in [-0.39, 0.29) is 11.8 Å². The first kappa shape index (κ1) is 20.2. The molecule has 2 aromatic rings. The molecule has 4 nitrogen and oxygen atoms in total. The van der Waals surface area contributed by atoms with Crippen LogP contribution in [0.4, 0.5) is 5.69 Å². The van der Waals surface area contributed by atoms with E-state index in [1.807, 2.05) is 36.4 Å². The molecule has 144 valence electrons. The fraction of sp³-hybridized carbons (Fsp3) is 0.381. The third-order valence-corrected chi connectivity index (χ3v) is 5.75. The molecule has 0 atom stereocenters. The van der Waals surface area contributed by atoms with Crippen LogP contribution < -0.4 is 5.32 Å². The van der Waals surface area contributed by atoms with Crippen LogP contribution in [0.3, 0.4) is 0 Å². The zero-order valence-corrected chi connectivity index (χ0v) is 16.9. The molecule has 1 N–H and O–H groups in total. The topological polar surface area (TPSA) is 41.6 Å². The number of benzene rings is 2. The van der Waals surface area contributed by atoms with Gasteiger partial charge in [0.05, 0.1) is 16.7 Å². The molecule has 0 saturated carbocycles. The summed E-state index contributed by atoms with van der Waals surface area (Å²) in [5.74, 6) is 0.118. The van der Waals surface area contributed by atoms with Crippen LogP contribution >= 0.6 is 23.2 Å². The van der Waals surface area contributed by atoms with E-state index in [1.165, 1.54) is 0 Å². The molecule has 1 saturated heterocycles.